The van der Waals surface area contributed by atoms with Gasteiger partial charge in [-0.15, -0.1) is 0 Å². The molecule has 0 unspecified atom stereocenters. The lowest BCUT2D eigenvalue weighted by molar-refractivity contribution is -0.118. The second-order valence-electron chi connectivity index (χ2n) is 8.78. The first kappa shape index (κ1) is 19.4. The Morgan fingerprint density at radius 2 is 1.77 bits per heavy atom. The van der Waals surface area contributed by atoms with Crippen molar-refractivity contribution >= 4 is 5.78 Å². The summed E-state index contributed by atoms with van der Waals surface area (Å²) < 4.78 is 0. The number of hydrogen-bond acceptors (Lipinski definition) is 2. The van der Waals surface area contributed by atoms with Crippen LogP contribution in [-0.2, 0) is 11.2 Å². The minimum atomic E-state index is 0.236. The zero-order valence-corrected chi connectivity index (χ0v) is 16.8. The lowest BCUT2D eigenvalue weighted by atomic mass is 9.94. The number of likely N-dealkylation sites (tertiary alicyclic amines) is 1. The van der Waals surface area contributed by atoms with E-state index in [9.17, 15) is 4.79 Å². The van der Waals surface area contributed by atoms with Crippen molar-refractivity contribution in [3.05, 3.63) is 47.0 Å². The van der Waals surface area contributed by atoms with Crippen LogP contribution in [0, 0.1) is 11.8 Å². The number of carbonyl (C=O) groups excluding carboxylic acids is 1. The normalized spacial score (nSPS) is 24.5. The van der Waals surface area contributed by atoms with E-state index in [2.05, 4.69) is 56.0 Å². The first-order valence-electron chi connectivity index (χ1n) is 10.6. The van der Waals surface area contributed by atoms with Gasteiger partial charge in [0, 0.05) is 12.5 Å². The molecule has 2 nitrogen and oxygen atoms in total. The standard InChI is InChI=1S/C24H35NO/c1-18(2)15-20-7-9-21(10-8-20)19(3)16-22-11-12-23(24(22)26)17-25-13-5-4-6-14-25/h7-10,16,18-19,23H,4-6,11-15,17H2,1-3H3/b22-16-/t19-,23+/m0/s1. The summed E-state index contributed by atoms with van der Waals surface area (Å²) in [7, 11) is 0. The molecule has 0 bridgehead atoms. The summed E-state index contributed by atoms with van der Waals surface area (Å²) in [6.45, 7) is 10.1. The molecule has 2 aliphatic rings. The average molecular weight is 354 g/mol. The van der Waals surface area contributed by atoms with E-state index >= 15 is 0 Å². The van der Waals surface area contributed by atoms with E-state index in [0.29, 0.717) is 17.6 Å². The quantitative estimate of drug-likeness (QED) is 0.640. The van der Waals surface area contributed by atoms with Crippen molar-refractivity contribution in [1.82, 2.24) is 4.90 Å². The fourth-order valence-corrected chi connectivity index (χ4v) is 4.47. The molecule has 2 fully saturated rings. The van der Waals surface area contributed by atoms with Gasteiger partial charge in [-0.1, -0.05) is 57.5 Å². The van der Waals surface area contributed by atoms with E-state index in [-0.39, 0.29) is 5.92 Å². The third-order valence-electron chi connectivity index (χ3n) is 5.98. The van der Waals surface area contributed by atoms with Crippen molar-refractivity contribution in [2.75, 3.05) is 19.6 Å². The van der Waals surface area contributed by atoms with Gasteiger partial charge in [-0.2, -0.15) is 0 Å². The first-order valence-corrected chi connectivity index (χ1v) is 10.6. The SMILES string of the molecule is CC(C)Cc1ccc([C@@H](C)/C=C2/CC[C@H](CN3CCCCC3)C2=O)cc1. The second-order valence-corrected chi connectivity index (χ2v) is 8.78. The van der Waals surface area contributed by atoms with Gasteiger partial charge in [-0.05, 0) is 73.7 Å². The zero-order valence-electron chi connectivity index (χ0n) is 16.8. The zero-order chi connectivity index (χ0) is 18.5. The van der Waals surface area contributed by atoms with Gasteiger partial charge < -0.3 is 4.90 Å². The van der Waals surface area contributed by atoms with Crippen LogP contribution in [-0.4, -0.2) is 30.3 Å². The Labute approximate surface area is 159 Å². The molecular weight excluding hydrogens is 318 g/mol. The summed E-state index contributed by atoms with van der Waals surface area (Å²) in [6, 6.07) is 8.98. The van der Waals surface area contributed by atoms with E-state index in [1.54, 1.807) is 0 Å². The van der Waals surface area contributed by atoms with Crippen LogP contribution in [0.15, 0.2) is 35.9 Å². The van der Waals surface area contributed by atoms with Crippen LogP contribution in [0.25, 0.3) is 0 Å². The lowest BCUT2D eigenvalue weighted by Gasteiger charge is -2.28. The molecule has 142 valence electrons. The highest BCUT2D eigenvalue weighted by atomic mass is 16.1. The fraction of sp³-hybridized carbons (Fsp3) is 0.625. The third kappa shape index (κ3) is 5.07. The molecule has 3 rings (SSSR count). The van der Waals surface area contributed by atoms with Crippen LogP contribution in [0.1, 0.15) is 69.9 Å². The number of benzene rings is 1. The Balaban J connectivity index is 1.59. The summed E-state index contributed by atoms with van der Waals surface area (Å²) in [5.74, 6) is 1.66. The molecule has 1 saturated heterocycles. The highest BCUT2D eigenvalue weighted by Gasteiger charge is 2.31. The minimum Gasteiger partial charge on any atom is -0.303 e. The molecule has 1 saturated carbocycles. The summed E-state index contributed by atoms with van der Waals surface area (Å²) in [5, 5.41) is 0. The Bertz CT molecular complexity index is 622. The molecule has 1 aromatic rings. The van der Waals surface area contributed by atoms with Crippen molar-refractivity contribution < 1.29 is 4.79 Å². The fourth-order valence-electron chi connectivity index (χ4n) is 4.47. The maximum absolute atomic E-state index is 12.8. The van der Waals surface area contributed by atoms with Crippen molar-refractivity contribution in [1.29, 1.82) is 0 Å². The molecule has 1 aromatic carbocycles. The van der Waals surface area contributed by atoms with Crippen molar-refractivity contribution in [3.8, 4) is 0 Å². The van der Waals surface area contributed by atoms with Crippen LogP contribution in [0.4, 0.5) is 0 Å². The molecule has 0 radical (unpaired) electrons. The van der Waals surface area contributed by atoms with Crippen molar-refractivity contribution in [2.45, 2.75) is 65.2 Å². The minimum absolute atomic E-state index is 0.236. The number of Topliss-reactive ketones (excluding diaryl/α,β-unsaturated/α-hetero) is 1. The van der Waals surface area contributed by atoms with Crippen molar-refractivity contribution in [3.63, 3.8) is 0 Å². The molecule has 0 spiro atoms. The molecular formula is C24H35NO. The van der Waals surface area contributed by atoms with Gasteiger partial charge in [0.05, 0.1) is 0 Å². The number of ketones is 1. The van der Waals surface area contributed by atoms with Gasteiger partial charge in [0.2, 0.25) is 0 Å². The molecule has 1 heterocycles. The Morgan fingerprint density at radius 1 is 1.08 bits per heavy atom. The highest BCUT2D eigenvalue weighted by Crippen LogP contribution is 2.31. The molecule has 2 heteroatoms. The van der Waals surface area contributed by atoms with E-state index in [0.717, 1.165) is 31.4 Å². The molecule has 26 heavy (non-hydrogen) atoms. The predicted molar refractivity (Wildman–Crippen MR) is 110 cm³/mol. The number of carbonyl (C=O) groups is 1. The van der Waals surface area contributed by atoms with Crippen LogP contribution >= 0.6 is 0 Å². The smallest absolute Gasteiger partial charge is 0.162 e. The summed E-state index contributed by atoms with van der Waals surface area (Å²) in [4.78, 5) is 15.3. The molecule has 1 aliphatic heterocycles. The summed E-state index contributed by atoms with van der Waals surface area (Å²) >= 11 is 0. The van der Waals surface area contributed by atoms with Crippen LogP contribution in [0.3, 0.4) is 0 Å². The molecule has 0 amide bonds. The summed E-state index contributed by atoms with van der Waals surface area (Å²) in [6.07, 6.45) is 9.32. The molecule has 2 atom stereocenters. The first-order chi connectivity index (χ1) is 12.5. The van der Waals surface area contributed by atoms with Gasteiger partial charge in [0.25, 0.3) is 0 Å². The van der Waals surface area contributed by atoms with Crippen molar-refractivity contribution in [2.24, 2.45) is 11.8 Å². The topological polar surface area (TPSA) is 20.3 Å². The Hall–Kier alpha value is -1.41. The third-order valence-corrected chi connectivity index (χ3v) is 5.98. The number of hydrogen-bond donors (Lipinski definition) is 0. The monoisotopic (exact) mass is 353 g/mol. The molecule has 1 aliphatic carbocycles. The summed E-state index contributed by atoms with van der Waals surface area (Å²) in [5.41, 5.74) is 3.80. The number of piperidine rings is 1. The Kier molecular flexibility index (Phi) is 6.69. The Morgan fingerprint density at radius 3 is 2.42 bits per heavy atom. The van der Waals surface area contributed by atoms with Gasteiger partial charge in [-0.25, -0.2) is 0 Å². The van der Waals surface area contributed by atoms with Crippen LogP contribution < -0.4 is 0 Å². The lowest BCUT2D eigenvalue weighted by Crippen LogP contribution is -2.35. The predicted octanol–water partition coefficient (Wildman–Crippen LogP) is 5.38. The van der Waals surface area contributed by atoms with Gasteiger partial charge >= 0.3 is 0 Å². The second kappa shape index (κ2) is 8.99. The van der Waals surface area contributed by atoms with Gasteiger partial charge in [-0.3, -0.25) is 4.79 Å². The van der Waals surface area contributed by atoms with E-state index in [1.807, 2.05) is 0 Å². The van der Waals surface area contributed by atoms with Gasteiger partial charge in [0.1, 0.15) is 0 Å². The number of nitrogens with zero attached hydrogens (tertiary/aromatic N) is 1. The number of allylic oxidation sites excluding steroid dienone is 2. The molecule has 0 N–H and O–H groups in total. The largest absolute Gasteiger partial charge is 0.303 e. The average Bonchev–Trinajstić information content (AvgIpc) is 2.96. The number of rotatable bonds is 6. The molecule has 0 aromatic heterocycles. The van der Waals surface area contributed by atoms with Crippen LogP contribution in [0.2, 0.25) is 0 Å². The van der Waals surface area contributed by atoms with Crippen LogP contribution in [0.5, 0.6) is 0 Å². The maximum Gasteiger partial charge on any atom is 0.162 e. The van der Waals surface area contributed by atoms with Gasteiger partial charge in [0.15, 0.2) is 5.78 Å². The highest BCUT2D eigenvalue weighted by molar-refractivity contribution is 5.99. The maximum atomic E-state index is 12.8. The van der Waals surface area contributed by atoms with E-state index < -0.39 is 0 Å². The van der Waals surface area contributed by atoms with E-state index in [4.69, 9.17) is 0 Å². The van der Waals surface area contributed by atoms with E-state index in [1.165, 1.54) is 43.5 Å².